The van der Waals surface area contributed by atoms with Crippen molar-refractivity contribution in [3.63, 3.8) is 0 Å². The summed E-state index contributed by atoms with van der Waals surface area (Å²) in [7, 11) is 1.31. The predicted molar refractivity (Wildman–Crippen MR) is 160 cm³/mol. The molecule has 1 aromatic heterocycles. The van der Waals surface area contributed by atoms with Crippen LogP contribution in [0.15, 0.2) is 54.7 Å². The molecule has 7 heteroatoms. The predicted octanol–water partition coefficient (Wildman–Crippen LogP) is 7.01. The highest BCUT2D eigenvalue weighted by molar-refractivity contribution is 5.86. The summed E-state index contributed by atoms with van der Waals surface area (Å²) in [5.74, 6) is 1.60. The van der Waals surface area contributed by atoms with Gasteiger partial charge in [-0.2, -0.15) is 0 Å². The average Bonchev–Trinajstić information content (AvgIpc) is 3.71. The molecule has 7 rings (SSSR count). The number of rotatable bonds is 7. The molecule has 0 spiro atoms. The van der Waals surface area contributed by atoms with E-state index < -0.39 is 12.1 Å². The van der Waals surface area contributed by atoms with E-state index in [2.05, 4.69) is 63.8 Å². The molecular weight excluding hydrogens is 512 g/mol. The van der Waals surface area contributed by atoms with Crippen LogP contribution in [-0.4, -0.2) is 46.6 Å². The van der Waals surface area contributed by atoms with E-state index in [0.29, 0.717) is 12.0 Å². The Balaban J connectivity index is 1.15. The van der Waals surface area contributed by atoms with Gasteiger partial charge in [-0.15, -0.1) is 0 Å². The van der Waals surface area contributed by atoms with Gasteiger partial charge in [0.25, 0.3) is 0 Å². The SMILES string of the molecule is COC(=O)NC(C(=O)N1CCCC1c1ncc(-c2ccc(-c3ccc(C45CCC(CC4)CC5)cc3)cc2)[nH]1)C(C)C. The smallest absolute Gasteiger partial charge is 0.407 e. The number of nitrogens with one attached hydrogen (secondary N) is 2. The summed E-state index contributed by atoms with van der Waals surface area (Å²) in [4.78, 5) is 35.3. The van der Waals surface area contributed by atoms with Crippen LogP contribution in [0.4, 0.5) is 4.79 Å². The van der Waals surface area contributed by atoms with Gasteiger partial charge in [-0.05, 0) is 90.9 Å². The van der Waals surface area contributed by atoms with Gasteiger partial charge in [-0.1, -0.05) is 62.4 Å². The zero-order valence-corrected chi connectivity index (χ0v) is 24.5. The van der Waals surface area contributed by atoms with E-state index in [1.54, 1.807) is 0 Å². The van der Waals surface area contributed by atoms with Gasteiger partial charge in [0.1, 0.15) is 11.9 Å². The van der Waals surface area contributed by atoms with Crippen molar-refractivity contribution in [3.05, 3.63) is 66.1 Å². The Labute approximate surface area is 243 Å². The van der Waals surface area contributed by atoms with Crippen molar-refractivity contribution in [2.24, 2.45) is 11.8 Å². The fourth-order valence-corrected chi connectivity index (χ4v) is 7.39. The summed E-state index contributed by atoms with van der Waals surface area (Å²) in [6, 6.07) is 17.1. The van der Waals surface area contributed by atoms with E-state index in [-0.39, 0.29) is 17.9 Å². The van der Waals surface area contributed by atoms with Crippen LogP contribution in [0, 0.1) is 11.8 Å². The Morgan fingerprint density at radius 3 is 2.17 bits per heavy atom. The highest BCUT2D eigenvalue weighted by atomic mass is 16.5. The molecule has 3 aromatic rings. The van der Waals surface area contributed by atoms with Gasteiger partial charge in [0.05, 0.1) is 25.0 Å². The topological polar surface area (TPSA) is 87.3 Å². The van der Waals surface area contributed by atoms with Crippen molar-refractivity contribution < 1.29 is 14.3 Å². The molecule has 41 heavy (non-hydrogen) atoms. The van der Waals surface area contributed by atoms with E-state index in [1.165, 1.54) is 62.3 Å². The van der Waals surface area contributed by atoms with Crippen LogP contribution < -0.4 is 5.32 Å². The molecule has 4 aliphatic rings. The van der Waals surface area contributed by atoms with Crippen LogP contribution in [0.3, 0.4) is 0 Å². The number of imidazole rings is 1. The zero-order chi connectivity index (χ0) is 28.6. The number of hydrogen-bond acceptors (Lipinski definition) is 4. The highest BCUT2D eigenvalue weighted by Crippen LogP contribution is 2.51. The lowest BCUT2D eigenvalue weighted by Gasteiger charge is -2.47. The second-order valence-electron chi connectivity index (χ2n) is 12.6. The number of carbonyl (C=O) groups is 2. The fraction of sp³-hybridized carbons (Fsp3) is 0.500. The molecule has 4 fully saturated rings. The van der Waals surface area contributed by atoms with Gasteiger partial charge >= 0.3 is 6.09 Å². The maximum atomic E-state index is 13.4. The van der Waals surface area contributed by atoms with Gasteiger partial charge < -0.3 is 19.9 Å². The molecule has 3 aliphatic carbocycles. The molecule has 2 aromatic carbocycles. The number of benzene rings is 2. The Bertz CT molecular complexity index is 1360. The van der Waals surface area contributed by atoms with Crippen molar-refractivity contribution in [1.82, 2.24) is 20.2 Å². The molecule has 2 amide bonds. The molecule has 7 nitrogen and oxygen atoms in total. The quantitative estimate of drug-likeness (QED) is 0.329. The average molecular weight is 555 g/mol. The molecule has 0 radical (unpaired) electrons. The second-order valence-corrected chi connectivity index (χ2v) is 12.6. The summed E-state index contributed by atoms with van der Waals surface area (Å²) >= 11 is 0. The minimum atomic E-state index is -0.642. The summed E-state index contributed by atoms with van der Waals surface area (Å²) in [5, 5.41) is 2.71. The van der Waals surface area contributed by atoms with Gasteiger partial charge in [0.15, 0.2) is 0 Å². The first-order valence-electron chi connectivity index (χ1n) is 15.3. The zero-order valence-electron chi connectivity index (χ0n) is 24.5. The monoisotopic (exact) mass is 554 g/mol. The van der Waals surface area contributed by atoms with Gasteiger partial charge in [0, 0.05) is 6.54 Å². The van der Waals surface area contributed by atoms with Crippen molar-refractivity contribution in [3.8, 4) is 22.4 Å². The molecule has 2 heterocycles. The van der Waals surface area contributed by atoms with Crippen LogP contribution in [0.25, 0.3) is 22.4 Å². The van der Waals surface area contributed by atoms with Crippen molar-refractivity contribution in [2.45, 2.75) is 82.7 Å². The van der Waals surface area contributed by atoms with Crippen LogP contribution in [-0.2, 0) is 14.9 Å². The third-order valence-corrected chi connectivity index (χ3v) is 9.96. The van der Waals surface area contributed by atoms with Gasteiger partial charge in [0.2, 0.25) is 5.91 Å². The Kier molecular flexibility index (Phi) is 7.62. The Morgan fingerprint density at radius 2 is 1.56 bits per heavy atom. The molecule has 2 atom stereocenters. The van der Waals surface area contributed by atoms with E-state index >= 15 is 0 Å². The number of nitrogens with zero attached hydrogens (tertiary/aromatic N) is 2. The van der Waals surface area contributed by atoms with Crippen molar-refractivity contribution in [2.75, 3.05) is 13.7 Å². The number of amides is 2. The normalized spacial score (nSPS) is 24.4. The molecule has 1 saturated heterocycles. The Hall–Kier alpha value is -3.61. The third kappa shape index (κ3) is 5.39. The van der Waals surface area contributed by atoms with E-state index in [0.717, 1.165) is 35.8 Å². The Morgan fingerprint density at radius 1 is 0.951 bits per heavy atom. The third-order valence-electron chi connectivity index (χ3n) is 9.96. The molecular formula is C34H42N4O3. The van der Waals surface area contributed by atoms with E-state index in [1.807, 2.05) is 24.9 Å². The fourth-order valence-electron chi connectivity index (χ4n) is 7.39. The number of likely N-dealkylation sites (tertiary alicyclic amines) is 1. The van der Waals surface area contributed by atoms with Crippen LogP contribution in [0.2, 0.25) is 0 Å². The number of carbonyl (C=O) groups excluding carboxylic acids is 2. The number of aromatic nitrogens is 2. The van der Waals surface area contributed by atoms with Crippen LogP contribution >= 0.6 is 0 Å². The summed E-state index contributed by atoms with van der Waals surface area (Å²) in [5.41, 5.74) is 6.39. The summed E-state index contributed by atoms with van der Waals surface area (Å²) < 4.78 is 4.75. The molecule has 2 bridgehead atoms. The number of fused-ring (bicyclic) bond motifs is 3. The number of hydrogen-bond donors (Lipinski definition) is 2. The van der Waals surface area contributed by atoms with Crippen molar-refractivity contribution in [1.29, 1.82) is 0 Å². The first kappa shape index (κ1) is 27.6. The molecule has 1 aliphatic heterocycles. The minimum Gasteiger partial charge on any atom is -0.453 e. The van der Waals surface area contributed by atoms with Crippen molar-refractivity contribution >= 4 is 12.0 Å². The number of H-pyrrole nitrogens is 1. The standard InChI is InChI=1S/C34H42N4O3/c1-22(2)30(37-33(40)41-3)32(39)38-20-4-5-29(38)31-35-21-28(36-31)26-8-6-24(7-9-26)25-10-12-27(13-11-25)34-17-14-23(15-18-34)16-19-34/h6-13,21-23,29-30H,4-5,14-20H2,1-3H3,(H,35,36)(H,37,40). The lowest BCUT2D eigenvalue weighted by molar-refractivity contribution is -0.135. The molecule has 2 N–H and O–H groups in total. The molecule has 3 saturated carbocycles. The molecule has 2 unspecified atom stereocenters. The first-order valence-corrected chi connectivity index (χ1v) is 15.3. The molecule has 216 valence electrons. The maximum Gasteiger partial charge on any atom is 0.407 e. The van der Waals surface area contributed by atoms with E-state index in [9.17, 15) is 9.59 Å². The lowest BCUT2D eigenvalue weighted by Crippen LogP contribution is -2.51. The largest absolute Gasteiger partial charge is 0.453 e. The number of aromatic amines is 1. The number of ether oxygens (including phenoxy) is 1. The lowest BCUT2D eigenvalue weighted by atomic mass is 9.58. The first-order chi connectivity index (χ1) is 19.9. The van der Waals surface area contributed by atoms with E-state index in [4.69, 9.17) is 4.74 Å². The maximum absolute atomic E-state index is 13.4. The van der Waals surface area contributed by atoms with Gasteiger partial charge in [-0.25, -0.2) is 9.78 Å². The number of alkyl carbamates (subject to hydrolysis) is 1. The van der Waals surface area contributed by atoms with Crippen LogP contribution in [0.1, 0.15) is 82.6 Å². The summed E-state index contributed by atoms with van der Waals surface area (Å²) in [6.07, 6.45) is 11.3. The minimum absolute atomic E-state index is 0.0632. The highest BCUT2D eigenvalue weighted by Gasteiger charge is 2.41. The number of methoxy groups -OCH3 is 1. The van der Waals surface area contributed by atoms with Crippen LogP contribution in [0.5, 0.6) is 0 Å². The second kappa shape index (κ2) is 11.3. The van der Waals surface area contributed by atoms with Gasteiger partial charge in [-0.3, -0.25) is 4.79 Å². The summed E-state index contributed by atoms with van der Waals surface area (Å²) in [6.45, 7) is 4.49.